The molecule has 0 aliphatic carbocycles. The molecule has 0 amide bonds. The van der Waals surface area contributed by atoms with Crippen LogP contribution < -0.4 is 0 Å². The highest BCUT2D eigenvalue weighted by molar-refractivity contribution is 7.80. The number of nitrogens with zero attached hydrogens (tertiary/aromatic N) is 1. The molecule has 112 valence electrons. The van der Waals surface area contributed by atoms with Crippen LogP contribution in [0.1, 0.15) is 63.9 Å². The van der Waals surface area contributed by atoms with Crippen LogP contribution in [0.25, 0.3) is 0 Å². The van der Waals surface area contributed by atoms with Crippen LogP contribution in [-0.4, -0.2) is 4.92 Å². The predicted molar refractivity (Wildman–Crippen MR) is 86.7 cm³/mol. The molecule has 0 N–H and O–H groups in total. The minimum atomic E-state index is -0.362. The third kappa shape index (κ3) is 5.95. The molecular weight excluding hydrogens is 270 g/mol. The van der Waals surface area contributed by atoms with Crippen molar-refractivity contribution in [2.75, 3.05) is 0 Å². The average Bonchev–Trinajstić information content (AvgIpc) is 2.43. The van der Waals surface area contributed by atoms with Crippen molar-refractivity contribution in [2.24, 2.45) is 0 Å². The van der Waals surface area contributed by atoms with E-state index in [1.807, 2.05) is 6.07 Å². The number of unbranched alkanes of at least 4 members (excludes halogenated alkanes) is 7. The van der Waals surface area contributed by atoms with E-state index in [1.54, 1.807) is 6.07 Å². The van der Waals surface area contributed by atoms with Crippen LogP contribution in [0.15, 0.2) is 23.1 Å². The van der Waals surface area contributed by atoms with Gasteiger partial charge in [-0.1, -0.05) is 64.0 Å². The van der Waals surface area contributed by atoms with Gasteiger partial charge in [-0.25, -0.2) is 0 Å². The number of benzene rings is 1. The van der Waals surface area contributed by atoms with Gasteiger partial charge in [0.15, 0.2) is 0 Å². The number of hydrogen-bond acceptors (Lipinski definition) is 3. The Morgan fingerprint density at radius 1 is 1.05 bits per heavy atom. The first kappa shape index (κ1) is 17.0. The zero-order chi connectivity index (χ0) is 14.8. The van der Waals surface area contributed by atoms with E-state index in [-0.39, 0.29) is 10.6 Å². The first-order valence-electron chi connectivity index (χ1n) is 7.62. The quantitative estimate of drug-likeness (QED) is 0.265. The van der Waals surface area contributed by atoms with E-state index in [2.05, 4.69) is 19.6 Å². The first-order valence-corrected chi connectivity index (χ1v) is 8.06. The molecule has 0 fully saturated rings. The smallest absolute Gasteiger partial charge is 0.258 e. The largest absolute Gasteiger partial charge is 0.282 e. The molecule has 1 aromatic rings. The highest BCUT2D eigenvalue weighted by Crippen LogP contribution is 2.27. The monoisotopic (exact) mass is 295 g/mol. The lowest BCUT2D eigenvalue weighted by Crippen LogP contribution is -1.94. The number of rotatable bonds is 10. The van der Waals surface area contributed by atoms with Gasteiger partial charge in [-0.2, -0.15) is 0 Å². The Morgan fingerprint density at radius 2 is 1.65 bits per heavy atom. The molecule has 0 aliphatic heterocycles. The molecule has 0 heterocycles. The predicted octanol–water partition coefficient (Wildman–Crippen LogP) is 5.57. The zero-order valence-electron chi connectivity index (χ0n) is 12.3. The number of hydrogen-bond donors (Lipinski definition) is 1. The van der Waals surface area contributed by atoms with Gasteiger partial charge >= 0.3 is 0 Å². The molecule has 0 saturated carbocycles. The summed E-state index contributed by atoms with van der Waals surface area (Å²) in [6.07, 6.45) is 11.1. The Balaban J connectivity index is 2.25. The van der Waals surface area contributed by atoms with Gasteiger partial charge in [0, 0.05) is 6.07 Å². The van der Waals surface area contributed by atoms with Gasteiger partial charge in [0.1, 0.15) is 0 Å². The van der Waals surface area contributed by atoms with Crippen molar-refractivity contribution in [3.05, 3.63) is 33.9 Å². The Bertz CT molecular complexity index is 421. The summed E-state index contributed by atoms with van der Waals surface area (Å²) < 4.78 is 0. The molecule has 1 aromatic carbocycles. The summed E-state index contributed by atoms with van der Waals surface area (Å²) in [5.41, 5.74) is 1.11. The van der Waals surface area contributed by atoms with Crippen LogP contribution >= 0.6 is 12.6 Å². The molecule has 4 heteroatoms. The topological polar surface area (TPSA) is 43.1 Å². The Morgan fingerprint density at radius 3 is 2.25 bits per heavy atom. The molecule has 0 aromatic heterocycles. The summed E-state index contributed by atoms with van der Waals surface area (Å²) in [5.74, 6) is 0. The third-order valence-corrected chi connectivity index (χ3v) is 4.11. The van der Waals surface area contributed by atoms with Crippen LogP contribution in [0.5, 0.6) is 0 Å². The molecular formula is C16H25NO2S. The zero-order valence-corrected chi connectivity index (χ0v) is 13.2. The molecule has 0 radical (unpaired) electrons. The van der Waals surface area contributed by atoms with Crippen LogP contribution in [0.4, 0.5) is 5.69 Å². The number of nitro groups is 1. The minimum absolute atomic E-state index is 0.116. The molecule has 0 unspecified atom stereocenters. The highest BCUT2D eigenvalue weighted by Gasteiger charge is 2.13. The molecule has 1 rings (SSSR count). The summed E-state index contributed by atoms with van der Waals surface area (Å²) >= 11 is 4.29. The van der Waals surface area contributed by atoms with Crippen molar-refractivity contribution in [2.45, 2.75) is 69.6 Å². The van der Waals surface area contributed by atoms with Gasteiger partial charge in [0.05, 0.1) is 9.82 Å². The number of nitro benzene ring substituents is 1. The Labute approximate surface area is 127 Å². The molecule has 0 bridgehead atoms. The maximum Gasteiger partial charge on any atom is 0.282 e. The van der Waals surface area contributed by atoms with Crippen molar-refractivity contribution in [3.63, 3.8) is 0 Å². The van der Waals surface area contributed by atoms with E-state index in [9.17, 15) is 10.1 Å². The van der Waals surface area contributed by atoms with Crippen LogP contribution in [-0.2, 0) is 6.42 Å². The summed E-state index contributed by atoms with van der Waals surface area (Å²) in [6, 6.07) is 5.20. The van der Waals surface area contributed by atoms with Crippen molar-refractivity contribution < 1.29 is 4.92 Å². The Kier molecular flexibility index (Phi) is 8.35. The van der Waals surface area contributed by atoms with Crippen molar-refractivity contribution >= 4 is 18.3 Å². The van der Waals surface area contributed by atoms with Crippen molar-refractivity contribution in [1.82, 2.24) is 0 Å². The normalized spacial score (nSPS) is 10.7. The van der Waals surface area contributed by atoms with Gasteiger partial charge < -0.3 is 0 Å². The maximum atomic E-state index is 10.8. The summed E-state index contributed by atoms with van der Waals surface area (Å²) in [7, 11) is 0. The number of thiol groups is 1. The fourth-order valence-corrected chi connectivity index (χ4v) is 2.72. The lowest BCUT2D eigenvalue weighted by atomic mass is 10.0. The van der Waals surface area contributed by atoms with Crippen LogP contribution in [0, 0.1) is 10.1 Å². The molecule has 0 aliphatic rings. The van der Waals surface area contributed by atoms with E-state index in [0.717, 1.165) is 18.4 Å². The lowest BCUT2D eigenvalue weighted by molar-refractivity contribution is -0.387. The summed E-state index contributed by atoms with van der Waals surface area (Å²) in [5, 5.41) is 10.8. The Hall–Kier alpha value is -1.03. The van der Waals surface area contributed by atoms with Gasteiger partial charge in [0.25, 0.3) is 5.69 Å². The van der Waals surface area contributed by atoms with E-state index >= 15 is 0 Å². The van der Waals surface area contributed by atoms with Crippen LogP contribution in [0.3, 0.4) is 0 Å². The van der Waals surface area contributed by atoms with Crippen LogP contribution in [0.2, 0.25) is 0 Å². The fraction of sp³-hybridized carbons (Fsp3) is 0.625. The molecule has 3 nitrogen and oxygen atoms in total. The minimum Gasteiger partial charge on any atom is -0.258 e. The molecule has 0 atom stereocenters. The highest BCUT2D eigenvalue weighted by atomic mass is 32.1. The van der Waals surface area contributed by atoms with E-state index in [4.69, 9.17) is 0 Å². The molecule has 20 heavy (non-hydrogen) atoms. The second-order valence-corrected chi connectivity index (χ2v) is 5.71. The summed E-state index contributed by atoms with van der Waals surface area (Å²) in [6.45, 7) is 2.23. The van der Waals surface area contributed by atoms with Gasteiger partial charge in [0.2, 0.25) is 0 Å². The van der Waals surface area contributed by atoms with E-state index in [1.165, 1.54) is 51.0 Å². The number of aryl methyl sites for hydroxylation is 1. The van der Waals surface area contributed by atoms with E-state index in [0.29, 0.717) is 4.90 Å². The molecule has 0 saturated heterocycles. The van der Waals surface area contributed by atoms with E-state index < -0.39 is 0 Å². The standard InChI is InChI=1S/C16H25NO2S/c1-2-3-4-5-6-7-8-9-11-14-12-10-13-15(16(14)20)17(18)19/h10,12-13,20H,2-9,11H2,1H3. The SMILES string of the molecule is CCCCCCCCCCc1cccc([N+](=O)[O-])c1S. The maximum absolute atomic E-state index is 10.8. The fourth-order valence-electron chi connectivity index (χ4n) is 2.38. The second kappa shape index (κ2) is 9.81. The van der Waals surface area contributed by atoms with Crippen molar-refractivity contribution in [3.8, 4) is 0 Å². The third-order valence-electron chi connectivity index (χ3n) is 3.59. The van der Waals surface area contributed by atoms with Gasteiger partial charge in [-0.3, -0.25) is 10.1 Å². The van der Waals surface area contributed by atoms with Gasteiger partial charge in [-0.05, 0) is 18.4 Å². The summed E-state index contributed by atoms with van der Waals surface area (Å²) in [4.78, 5) is 11.0. The lowest BCUT2D eigenvalue weighted by Gasteiger charge is -2.05. The van der Waals surface area contributed by atoms with Gasteiger partial charge in [-0.15, -0.1) is 12.6 Å². The average molecular weight is 295 g/mol. The first-order chi connectivity index (χ1) is 9.66. The van der Waals surface area contributed by atoms with Crippen molar-refractivity contribution in [1.29, 1.82) is 0 Å². The molecule has 0 spiro atoms. The second-order valence-electron chi connectivity index (χ2n) is 5.27.